The second-order valence-electron chi connectivity index (χ2n) is 11.2. The summed E-state index contributed by atoms with van der Waals surface area (Å²) < 4.78 is 34.6. The van der Waals surface area contributed by atoms with Crippen molar-refractivity contribution < 1.29 is 22.7 Å². The molecule has 8 nitrogen and oxygen atoms in total. The molecule has 1 fully saturated rings. The van der Waals surface area contributed by atoms with Crippen LogP contribution < -0.4 is 14.4 Å². The lowest BCUT2D eigenvalue weighted by Crippen LogP contribution is -2.54. The molecule has 0 heterocycles. The highest BCUT2D eigenvalue weighted by molar-refractivity contribution is 7.92. The molecule has 9 heteroatoms. The number of methoxy groups -OCH3 is 1. The van der Waals surface area contributed by atoms with Crippen LogP contribution in [0, 0.1) is 0 Å². The molecular formula is C36H39N3O5S. The van der Waals surface area contributed by atoms with Crippen LogP contribution in [0.3, 0.4) is 0 Å². The number of hydrogen-bond acceptors (Lipinski definition) is 5. The van der Waals surface area contributed by atoms with Gasteiger partial charge in [0.1, 0.15) is 18.3 Å². The summed E-state index contributed by atoms with van der Waals surface area (Å²) in [4.78, 5) is 30.2. The van der Waals surface area contributed by atoms with Crippen LogP contribution >= 0.6 is 0 Å². The highest BCUT2D eigenvalue weighted by Crippen LogP contribution is 2.26. The highest BCUT2D eigenvalue weighted by atomic mass is 32.2. The van der Waals surface area contributed by atoms with Crippen LogP contribution in [0.1, 0.15) is 36.8 Å². The Bertz CT molecular complexity index is 1660. The van der Waals surface area contributed by atoms with Gasteiger partial charge < -0.3 is 15.0 Å². The molecule has 1 aliphatic carbocycles. The van der Waals surface area contributed by atoms with Crippen molar-refractivity contribution in [3.8, 4) is 5.75 Å². The minimum atomic E-state index is -4.12. The Kier molecular flexibility index (Phi) is 10.5. The van der Waals surface area contributed by atoms with E-state index in [1.165, 1.54) is 17.0 Å². The van der Waals surface area contributed by atoms with E-state index < -0.39 is 28.5 Å². The number of sulfonamides is 1. The van der Waals surface area contributed by atoms with E-state index in [1.54, 1.807) is 55.6 Å². The van der Waals surface area contributed by atoms with Crippen molar-refractivity contribution in [1.29, 1.82) is 0 Å². The quantitative estimate of drug-likeness (QED) is 0.209. The fraction of sp³-hybridized carbons (Fsp3) is 0.278. The zero-order valence-electron chi connectivity index (χ0n) is 25.4. The normalized spacial score (nSPS) is 14.0. The maximum absolute atomic E-state index is 14.5. The molecule has 234 valence electrons. The first-order valence-corrected chi connectivity index (χ1v) is 16.7. The molecule has 5 rings (SSSR count). The van der Waals surface area contributed by atoms with Crippen molar-refractivity contribution in [3.05, 3.63) is 126 Å². The van der Waals surface area contributed by atoms with Crippen LogP contribution in [0.4, 0.5) is 5.69 Å². The van der Waals surface area contributed by atoms with Gasteiger partial charge in [0, 0.05) is 19.0 Å². The van der Waals surface area contributed by atoms with Gasteiger partial charge in [-0.15, -0.1) is 0 Å². The van der Waals surface area contributed by atoms with Crippen molar-refractivity contribution >= 4 is 27.5 Å². The van der Waals surface area contributed by atoms with E-state index in [9.17, 15) is 18.0 Å². The molecule has 1 saturated carbocycles. The molecule has 45 heavy (non-hydrogen) atoms. The topological polar surface area (TPSA) is 96.0 Å². The third-order valence-electron chi connectivity index (χ3n) is 8.11. The summed E-state index contributed by atoms with van der Waals surface area (Å²) in [5.74, 6) is -0.129. The Hall–Kier alpha value is -4.63. The molecule has 0 bridgehead atoms. The van der Waals surface area contributed by atoms with Crippen LogP contribution in [0.2, 0.25) is 0 Å². The van der Waals surface area contributed by atoms with Crippen molar-refractivity contribution in [2.75, 3.05) is 18.0 Å². The molecule has 0 saturated heterocycles. The van der Waals surface area contributed by atoms with E-state index in [0.717, 1.165) is 41.1 Å². The van der Waals surface area contributed by atoms with E-state index in [1.807, 2.05) is 54.6 Å². The summed E-state index contributed by atoms with van der Waals surface area (Å²) in [7, 11) is -2.55. The number of amides is 2. The monoisotopic (exact) mass is 625 g/mol. The van der Waals surface area contributed by atoms with Gasteiger partial charge in [-0.2, -0.15) is 0 Å². The van der Waals surface area contributed by atoms with Crippen molar-refractivity contribution in [2.45, 2.75) is 55.6 Å². The number of anilines is 1. The first kappa shape index (κ1) is 31.8. The van der Waals surface area contributed by atoms with Gasteiger partial charge in [0.2, 0.25) is 11.8 Å². The molecule has 1 atom stereocenters. The van der Waals surface area contributed by atoms with Crippen LogP contribution in [-0.2, 0) is 32.6 Å². The lowest BCUT2D eigenvalue weighted by atomic mass is 10.0. The number of nitrogens with one attached hydrogen (secondary N) is 1. The standard InChI is InChI=1S/C36H39N3O5S/c1-44-32-21-13-16-29(24-32)26-38(34(25-28-14-5-2-6-15-28)36(41)37-30-17-11-12-18-30)35(40)27-39(31-19-7-3-8-20-31)45(42,43)33-22-9-4-10-23-33/h2-10,13-16,19-24,30,34H,11-12,17-18,25-27H2,1H3,(H,37,41)/t34-/m1/s1. The number of carbonyl (C=O) groups is 2. The van der Waals surface area contributed by atoms with E-state index in [-0.39, 0.29) is 29.8 Å². The zero-order valence-corrected chi connectivity index (χ0v) is 26.2. The van der Waals surface area contributed by atoms with Gasteiger partial charge in [-0.25, -0.2) is 8.42 Å². The van der Waals surface area contributed by atoms with E-state index in [0.29, 0.717) is 11.4 Å². The molecule has 0 unspecified atom stereocenters. The van der Waals surface area contributed by atoms with Gasteiger partial charge in [0.15, 0.2) is 0 Å². The maximum Gasteiger partial charge on any atom is 0.264 e. The molecule has 2 amide bonds. The Morgan fingerprint density at radius 3 is 2.07 bits per heavy atom. The number of benzene rings is 4. The summed E-state index contributed by atoms with van der Waals surface area (Å²) in [5, 5.41) is 3.19. The molecule has 0 radical (unpaired) electrons. The Labute approximate surface area is 265 Å². The van der Waals surface area contributed by atoms with Gasteiger partial charge in [-0.1, -0.05) is 91.7 Å². The average Bonchev–Trinajstić information content (AvgIpc) is 3.59. The summed E-state index contributed by atoms with van der Waals surface area (Å²) >= 11 is 0. The minimum Gasteiger partial charge on any atom is -0.497 e. The number of para-hydroxylation sites is 1. The molecule has 0 spiro atoms. The van der Waals surface area contributed by atoms with Crippen LogP contribution in [-0.4, -0.2) is 50.9 Å². The molecular weight excluding hydrogens is 586 g/mol. The summed E-state index contributed by atoms with van der Waals surface area (Å²) in [5.41, 5.74) is 2.00. The second-order valence-corrected chi connectivity index (χ2v) is 13.1. The van der Waals surface area contributed by atoms with Crippen molar-refractivity contribution in [3.63, 3.8) is 0 Å². The predicted molar refractivity (Wildman–Crippen MR) is 175 cm³/mol. The third kappa shape index (κ3) is 8.10. The second kappa shape index (κ2) is 14.9. The van der Waals surface area contributed by atoms with E-state index in [2.05, 4.69) is 5.32 Å². The number of hydrogen-bond donors (Lipinski definition) is 1. The van der Waals surface area contributed by atoms with E-state index in [4.69, 9.17) is 4.74 Å². The predicted octanol–water partition coefficient (Wildman–Crippen LogP) is 5.59. The Morgan fingerprint density at radius 2 is 1.42 bits per heavy atom. The number of carbonyl (C=O) groups excluding carboxylic acids is 2. The van der Waals surface area contributed by atoms with E-state index >= 15 is 0 Å². The highest BCUT2D eigenvalue weighted by Gasteiger charge is 2.35. The SMILES string of the molecule is COc1cccc(CN(C(=O)CN(c2ccccc2)S(=O)(=O)c2ccccc2)[C@H](Cc2ccccc2)C(=O)NC2CCCC2)c1. The fourth-order valence-electron chi connectivity index (χ4n) is 5.73. The largest absolute Gasteiger partial charge is 0.497 e. The summed E-state index contributed by atoms with van der Waals surface area (Å²) in [6.07, 6.45) is 4.15. The average molecular weight is 626 g/mol. The number of ether oxygens (including phenoxy) is 1. The maximum atomic E-state index is 14.5. The van der Waals surface area contributed by atoms with Gasteiger partial charge in [0.25, 0.3) is 10.0 Å². The van der Waals surface area contributed by atoms with Crippen LogP contribution in [0.25, 0.3) is 0 Å². The first-order chi connectivity index (χ1) is 21.8. The molecule has 4 aromatic rings. The number of nitrogens with zero attached hydrogens (tertiary/aromatic N) is 2. The van der Waals surface area contributed by atoms with Crippen LogP contribution in [0.15, 0.2) is 120 Å². The molecule has 1 aliphatic rings. The lowest BCUT2D eigenvalue weighted by molar-refractivity contribution is -0.140. The molecule has 4 aromatic carbocycles. The van der Waals surface area contributed by atoms with Crippen molar-refractivity contribution in [1.82, 2.24) is 10.2 Å². The van der Waals surface area contributed by atoms with Crippen molar-refractivity contribution in [2.24, 2.45) is 0 Å². The fourth-order valence-corrected chi connectivity index (χ4v) is 7.17. The lowest BCUT2D eigenvalue weighted by Gasteiger charge is -2.34. The third-order valence-corrected chi connectivity index (χ3v) is 9.90. The molecule has 1 N–H and O–H groups in total. The Balaban J connectivity index is 1.55. The molecule has 0 aliphatic heterocycles. The van der Waals surface area contributed by atoms with Gasteiger partial charge in [0.05, 0.1) is 17.7 Å². The zero-order chi connectivity index (χ0) is 31.6. The van der Waals surface area contributed by atoms with Gasteiger partial charge >= 0.3 is 0 Å². The van der Waals surface area contributed by atoms with Crippen LogP contribution in [0.5, 0.6) is 5.75 Å². The smallest absolute Gasteiger partial charge is 0.264 e. The minimum absolute atomic E-state index is 0.0452. The molecule has 0 aromatic heterocycles. The summed E-state index contributed by atoms with van der Waals surface area (Å²) in [6, 6.07) is 32.7. The first-order valence-electron chi connectivity index (χ1n) is 15.2. The summed E-state index contributed by atoms with van der Waals surface area (Å²) in [6.45, 7) is -0.410. The Morgan fingerprint density at radius 1 is 0.822 bits per heavy atom. The van der Waals surface area contributed by atoms with Gasteiger partial charge in [-0.05, 0) is 60.4 Å². The van der Waals surface area contributed by atoms with Gasteiger partial charge in [-0.3, -0.25) is 13.9 Å². The number of rotatable bonds is 13.